The van der Waals surface area contributed by atoms with E-state index in [1.807, 2.05) is 0 Å². The normalized spacial score (nSPS) is 16.9. The summed E-state index contributed by atoms with van der Waals surface area (Å²) in [5.41, 5.74) is -0.361. The van der Waals surface area contributed by atoms with Crippen molar-refractivity contribution in [3.63, 3.8) is 0 Å². The summed E-state index contributed by atoms with van der Waals surface area (Å²) in [5.74, 6) is 0. The van der Waals surface area contributed by atoms with Gasteiger partial charge >= 0.3 is 12.2 Å². The second-order valence-electron chi connectivity index (χ2n) is 5.62. The van der Waals surface area contributed by atoms with Gasteiger partial charge in [-0.25, -0.2) is 4.79 Å². The Balaban J connectivity index is 1.90. The lowest BCUT2D eigenvalue weighted by Gasteiger charge is -2.36. The Morgan fingerprint density at radius 3 is 2.09 bits per heavy atom. The van der Waals surface area contributed by atoms with Crippen LogP contribution in [0.4, 0.5) is 23.7 Å². The number of carbonyl (C=O) groups excluding carboxylic acids is 1. The predicted molar refractivity (Wildman–Crippen MR) is 78.7 cm³/mol. The molecule has 1 N–H and O–H groups in total. The molecule has 122 valence electrons. The van der Waals surface area contributed by atoms with Crippen LogP contribution in [-0.2, 0) is 6.18 Å². The lowest BCUT2D eigenvalue weighted by atomic mass is 10.2. The van der Waals surface area contributed by atoms with Crippen LogP contribution in [0.3, 0.4) is 0 Å². The van der Waals surface area contributed by atoms with Crippen molar-refractivity contribution in [2.24, 2.45) is 0 Å². The molecule has 0 radical (unpaired) electrons. The summed E-state index contributed by atoms with van der Waals surface area (Å²) in [6.07, 6.45) is -4.37. The first-order valence-corrected chi connectivity index (χ1v) is 7.24. The fraction of sp³-hybridized carbons (Fsp3) is 0.533. The highest BCUT2D eigenvalue weighted by molar-refractivity contribution is 5.89. The number of hydrogen-bond acceptors (Lipinski definition) is 2. The van der Waals surface area contributed by atoms with Crippen molar-refractivity contribution in [1.82, 2.24) is 9.80 Å². The third-order valence-electron chi connectivity index (χ3n) is 3.80. The largest absolute Gasteiger partial charge is 0.416 e. The Kier molecular flexibility index (Phi) is 4.95. The van der Waals surface area contributed by atoms with Gasteiger partial charge in [-0.05, 0) is 38.1 Å². The third kappa shape index (κ3) is 4.13. The molecule has 1 saturated heterocycles. The van der Waals surface area contributed by atoms with Crippen LogP contribution in [-0.4, -0.2) is 48.1 Å². The molecule has 2 amide bonds. The van der Waals surface area contributed by atoms with Gasteiger partial charge in [0.05, 0.1) is 5.56 Å². The van der Waals surface area contributed by atoms with E-state index in [0.717, 1.165) is 25.2 Å². The Morgan fingerprint density at radius 2 is 1.64 bits per heavy atom. The molecule has 1 aromatic carbocycles. The molecule has 0 spiro atoms. The molecule has 0 saturated carbocycles. The first-order chi connectivity index (χ1) is 10.3. The highest BCUT2D eigenvalue weighted by Crippen LogP contribution is 2.29. The van der Waals surface area contributed by atoms with E-state index in [1.165, 1.54) is 12.1 Å². The second-order valence-corrected chi connectivity index (χ2v) is 5.62. The number of carbonyl (C=O) groups is 1. The van der Waals surface area contributed by atoms with Crippen molar-refractivity contribution in [2.45, 2.75) is 26.1 Å². The zero-order valence-electron chi connectivity index (χ0n) is 12.7. The number of urea groups is 1. The van der Waals surface area contributed by atoms with E-state index in [2.05, 4.69) is 24.1 Å². The summed E-state index contributed by atoms with van der Waals surface area (Å²) in [4.78, 5) is 16.1. The first-order valence-electron chi connectivity index (χ1n) is 7.24. The van der Waals surface area contributed by atoms with Crippen LogP contribution in [0.2, 0.25) is 0 Å². The Bertz CT molecular complexity index is 506. The van der Waals surface area contributed by atoms with Crippen molar-refractivity contribution < 1.29 is 18.0 Å². The van der Waals surface area contributed by atoms with Crippen molar-refractivity contribution in [3.8, 4) is 0 Å². The third-order valence-corrected chi connectivity index (χ3v) is 3.80. The molecule has 2 rings (SSSR count). The molecule has 0 unspecified atom stereocenters. The lowest BCUT2D eigenvalue weighted by molar-refractivity contribution is -0.137. The zero-order chi connectivity index (χ0) is 16.3. The predicted octanol–water partition coefficient (Wildman–Crippen LogP) is 3.26. The minimum Gasteiger partial charge on any atom is -0.322 e. The monoisotopic (exact) mass is 315 g/mol. The molecule has 1 aromatic rings. The first kappa shape index (κ1) is 16.6. The average molecular weight is 315 g/mol. The van der Waals surface area contributed by atoms with E-state index < -0.39 is 11.7 Å². The quantitative estimate of drug-likeness (QED) is 0.909. The second kappa shape index (κ2) is 6.56. The molecule has 1 aliphatic heterocycles. The minimum atomic E-state index is -4.37. The van der Waals surface area contributed by atoms with Crippen LogP contribution in [0.1, 0.15) is 19.4 Å². The van der Waals surface area contributed by atoms with Crippen LogP contribution in [0.25, 0.3) is 0 Å². The standard InChI is InChI=1S/C15H20F3N3O/c1-11(2)20-7-9-21(10-8-20)14(22)19-13-5-3-12(4-6-13)15(16,17)18/h3-6,11H,7-10H2,1-2H3,(H,19,22). The van der Waals surface area contributed by atoms with Crippen molar-refractivity contribution in [2.75, 3.05) is 31.5 Å². The van der Waals surface area contributed by atoms with E-state index in [-0.39, 0.29) is 6.03 Å². The molecular formula is C15H20F3N3O. The summed E-state index contributed by atoms with van der Waals surface area (Å²) in [5, 5.41) is 2.64. The number of alkyl halides is 3. The van der Waals surface area contributed by atoms with Gasteiger partial charge < -0.3 is 10.2 Å². The van der Waals surface area contributed by atoms with Gasteiger partial charge in [-0.1, -0.05) is 0 Å². The highest BCUT2D eigenvalue weighted by Gasteiger charge is 2.30. The van der Waals surface area contributed by atoms with Gasteiger partial charge in [-0.15, -0.1) is 0 Å². The zero-order valence-corrected chi connectivity index (χ0v) is 12.7. The molecule has 4 nitrogen and oxygen atoms in total. The van der Waals surface area contributed by atoms with E-state index in [4.69, 9.17) is 0 Å². The fourth-order valence-corrected chi connectivity index (χ4v) is 2.39. The number of halogens is 3. The van der Waals surface area contributed by atoms with Gasteiger partial charge in [0, 0.05) is 37.9 Å². The molecule has 7 heteroatoms. The lowest BCUT2D eigenvalue weighted by Crippen LogP contribution is -2.51. The number of nitrogens with zero attached hydrogens (tertiary/aromatic N) is 2. The Labute approximate surface area is 127 Å². The fourth-order valence-electron chi connectivity index (χ4n) is 2.39. The molecule has 0 bridgehead atoms. The maximum atomic E-state index is 12.5. The van der Waals surface area contributed by atoms with E-state index in [9.17, 15) is 18.0 Å². The maximum absolute atomic E-state index is 12.5. The van der Waals surface area contributed by atoms with Crippen molar-refractivity contribution in [1.29, 1.82) is 0 Å². The van der Waals surface area contributed by atoms with E-state index in [0.29, 0.717) is 24.8 Å². The van der Waals surface area contributed by atoms with Crippen LogP contribution < -0.4 is 5.32 Å². The van der Waals surface area contributed by atoms with Gasteiger partial charge in [0.2, 0.25) is 0 Å². The SMILES string of the molecule is CC(C)N1CCN(C(=O)Nc2ccc(C(F)(F)F)cc2)CC1. The number of rotatable bonds is 2. The van der Waals surface area contributed by atoms with Crippen LogP contribution >= 0.6 is 0 Å². The van der Waals surface area contributed by atoms with Gasteiger partial charge in [-0.2, -0.15) is 13.2 Å². The molecular weight excluding hydrogens is 295 g/mol. The molecule has 1 aliphatic rings. The maximum Gasteiger partial charge on any atom is 0.416 e. The number of anilines is 1. The molecule has 22 heavy (non-hydrogen) atoms. The molecule has 0 aromatic heterocycles. The average Bonchev–Trinajstić information content (AvgIpc) is 2.47. The minimum absolute atomic E-state index is 0.275. The van der Waals surface area contributed by atoms with E-state index in [1.54, 1.807) is 4.90 Å². The van der Waals surface area contributed by atoms with Gasteiger partial charge in [0.25, 0.3) is 0 Å². The Morgan fingerprint density at radius 1 is 1.09 bits per heavy atom. The summed E-state index contributed by atoms with van der Waals surface area (Å²) in [7, 11) is 0. The topological polar surface area (TPSA) is 35.6 Å². The molecule has 1 fully saturated rings. The number of benzene rings is 1. The summed E-state index contributed by atoms with van der Waals surface area (Å²) in [6, 6.07) is 4.64. The number of amides is 2. The highest BCUT2D eigenvalue weighted by atomic mass is 19.4. The number of nitrogens with one attached hydrogen (secondary N) is 1. The van der Waals surface area contributed by atoms with Crippen LogP contribution in [0.15, 0.2) is 24.3 Å². The number of hydrogen-bond donors (Lipinski definition) is 1. The van der Waals surface area contributed by atoms with Gasteiger partial charge in [0.15, 0.2) is 0 Å². The molecule has 0 aliphatic carbocycles. The van der Waals surface area contributed by atoms with E-state index >= 15 is 0 Å². The number of piperazine rings is 1. The van der Waals surface area contributed by atoms with Gasteiger partial charge in [0.1, 0.15) is 0 Å². The molecule has 1 heterocycles. The van der Waals surface area contributed by atoms with Crippen molar-refractivity contribution in [3.05, 3.63) is 29.8 Å². The van der Waals surface area contributed by atoms with Crippen LogP contribution in [0, 0.1) is 0 Å². The smallest absolute Gasteiger partial charge is 0.322 e. The summed E-state index contributed by atoms with van der Waals surface area (Å²) in [6.45, 7) is 7.06. The summed E-state index contributed by atoms with van der Waals surface area (Å²) < 4.78 is 37.4. The van der Waals surface area contributed by atoms with Crippen LogP contribution in [0.5, 0.6) is 0 Å². The summed E-state index contributed by atoms with van der Waals surface area (Å²) >= 11 is 0. The van der Waals surface area contributed by atoms with Crippen molar-refractivity contribution >= 4 is 11.7 Å². The molecule has 0 atom stereocenters. The Hall–Kier alpha value is -1.76. The van der Waals surface area contributed by atoms with Gasteiger partial charge in [-0.3, -0.25) is 4.90 Å².